The van der Waals surface area contributed by atoms with Gasteiger partial charge in [-0.15, -0.1) is 0 Å². The van der Waals surface area contributed by atoms with Crippen LogP contribution in [-0.2, 0) is 4.79 Å². The van der Waals surface area contributed by atoms with Crippen molar-refractivity contribution in [1.29, 1.82) is 0 Å². The van der Waals surface area contributed by atoms with Gasteiger partial charge in [0.05, 0.1) is 5.54 Å². The molecule has 2 aliphatic carbocycles. The molecule has 2 rings (SSSR count). The molecule has 0 saturated heterocycles. The zero-order valence-electron chi connectivity index (χ0n) is 12.2. The Morgan fingerprint density at radius 3 is 2.22 bits per heavy atom. The van der Waals surface area contributed by atoms with Crippen LogP contribution in [0.4, 0.5) is 0 Å². The van der Waals surface area contributed by atoms with E-state index in [9.17, 15) is 4.79 Å². The maximum Gasteiger partial charge on any atom is 0.153 e. The first kappa shape index (κ1) is 14.0. The second-order valence-corrected chi connectivity index (χ2v) is 6.60. The molecular weight excluding hydrogens is 222 g/mol. The van der Waals surface area contributed by atoms with E-state index < -0.39 is 0 Å². The molecule has 2 aliphatic rings. The Bertz CT molecular complexity index is 273. The summed E-state index contributed by atoms with van der Waals surface area (Å²) in [5, 5.41) is 0. The molecule has 0 aromatic heterocycles. The number of Topliss-reactive ketones (excluding diaryl/α,β-unsaturated/α-hetero) is 1. The van der Waals surface area contributed by atoms with E-state index in [-0.39, 0.29) is 5.54 Å². The van der Waals surface area contributed by atoms with Crippen molar-refractivity contribution in [2.24, 2.45) is 5.92 Å². The third-order valence-electron chi connectivity index (χ3n) is 5.31. The minimum atomic E-state index is -0.103. The number of rotatable bonds is 5. The normalized spacial score (nSPS) is 24.6. The van der Waals surface area contributed by atoms with Crippen LogP contribution in [0, 0.1) is 5.92 Å². The fraction of sp³-hybridized carbons (Fsp3) is 0.938. The Hall–Kier alpha value is -0.370. The Kier molecular flexibility index (Phi) is 4.83. The van der Waals surface area contributed by atoms with Gasteiger partial charge in [-0.1, -0.05) is 44.9 Å². The summed E-state index contributed by atoms with van der Waals surface area (Å²) in [7, 11) is 4.17. The molecule has 2 nitrogen and oxygen atoms in total. The molecule has 0 heterocycles. The van der Waals surface area contributed by atoms with Crippen molar-refractivity contribution in [2.45, 2.75) is 76.2 Å². The Morgan fingerprint density at radius 1 is 1.06 bits per heavy atom. The highest BCUT2D eigenvalue weighted by molar-refractivity contribution is 5.88. The molecule has 0 aromatic carbocycles. The number of carbonyl (C=O) groups excluding carboxylic acids is 1. The number of hydrogen-bond donors (Lipinski definition) is 0. The van der Waals surface area contributed by atoms with Crippen molar-refractivity contribution in [3.05, 3.63) is 0 Å². The molecule has 0 amide bonds. The monoisotopic (exact) mass is 251 g/mol. The summed E-state index contributed by atoms with van der Waals surface area (Å²) < 4.78 is 0. The van der Waals surface area contributed by atoms with E-state index in [1.54, 1.807) is 0 Å². The van der Waals surface area contributed by atoms with Crippen molar-refractivity contribution >= 4 is 5.78 Å². The molecule has 2 fully saturated rings. The second-order valence-electron chi connectivity index (χ2n) is 6.60. The van der Waals surface area contributed by atoms with E-state index >= 15 is 0 Å². The lowest BCUT2D eigenvalue weighted by molar-refractivity contribution is -0.129. The van der Waals surface area contributed by atoms with Crippen molar-refractivity contribution in [3.63, 3.8) is 0 Å². The van der Waals surface area contributed by atoms with Crippen LogP contribution in [0.5, 0.6) is 0 Å². The summed E-state index contributed by atoms with van der Waals surface area (Å²) in [5.41, 5.74) is -0.103. The average molecular weight is 251 g/mol. The lowest BCUT2D eigenvalue weighted by Crippen LogP contribution is -2.48. The smallest absolute Gasteiger partial charge is 0.153 e. The van der Waals surface area contributed by atoms with Gasteiger partial charge in [-0.2, -0.15) is 0 Å². The zero-order chi connectivity index (χ0) is 13.0. The standard InChI is InChI=1S/C16H29NO/c1-17(2)16(12-6-7-13-16)15(18)11-10-14-8-4-3-5-9-14/h14H,3-13H2,1-2H3. The summed E-state index contributed by atoms with van der Waals surface area (Å²) in [6.07, 6.45) is 13.5. The van der Waals surface area contributed by atoms with Gasteiger partial charge < -0.3 is 0 Å². The third-order valence-corrected chi connectivity index (χ3v) is 5.31. The van der Waals surface area contributed by atoms with Crippen molar-refractivity contribution in [1.82, 2.24) is 4.90 Å². The first-order valence-corrected chi connectivity index (χ1v) is 7.86. The molecule has 0 radical (unpaired) electrons. The highest BCUT2D eigenvalue weighted by atomic mass is 16.1. The fourth-order valence-corrected chi connectivity index (χ4v) is 3.98. The summed E-state index contributed by atoms with van der Waals surface area (Å²) in [4.78, 5) is 14.8. The summed E-state index contributed by atoms with van der Waals surface area (Å²) in [5.74, 6) is 1.36. The first-order chi connectivity index (χ1) is 8.65. The van der Waals surface area contributed by atoms with Gasteiger partial charge in [0.2, 0.25) is 0 Å². The van der Waals surface area contributed by atoms with Gasteiger partial charge in [0.25, 0.3) is 0 Å². The minimum Gasteiger partial charge on any atom is -0.298 e. The summed E-state index contributed by atoms with van der Waals surface area (Å²) in [6, 6.07) is 0. The topological polar surface area (TPSA) is 20.3 Å². The number of hydrogen-bond acceptors (Lipinski definition) is 2. The Morgan fingerprint density at radius 2 is 1.67 bits per heavy atom. The number of likely N-dealkylation sites (N-methyl/N-ethyl adjacent to an activating group) is 1. The number of nitrogens with zero attached hydrogens (tertiary/aromatic N) is 1. The SMILES string of the molecule is CN(C)C1(C(=O)CCC2CCCCC2)CCCC1. The fourth-order valence-electron chi connectivity index (χ4n) is 3.98. The Balaban J connectivity index is 1.85. The van der Waals surface area contributed by atoms with Gasteiger partial charge in [0.15, 0.2) is 5.78 Å². The quantitative estimate of drug-likeness (QED) is 0.741. The molecule has 0 unspecified atom stereocenters. The van der Waals surface area contributed by atoms with Gasteiger partial charge >= 0.3 is 0 Å². The molecule has 2 saturated carbocycles. The van der Waals surface area contributed by atoms with Crippen LogP contribution in [0.3, 0.4) is 0 Å². The van der Waals surface area contributed by atoms with E-state index in [2.05, 4.69) is 19.0 Å². The Labute approximate surface area is 112 Å². The molecule has 0 aromatic rings. The van der Waals surface area contributed by atoms with Crippen LogP contribution < -0.4 is 0 Å². The molecule has 0 aliphatic heterocycles. The zero-order valence-corrected chi connectivity index (χ0v) is 12.2. The molecule has 0 spiro atoms. The molecule has 18 heavy (non-hydrogen) atoms. The summed E-state index contributed by atoms with van der Waals surface area (Å²) >= 11 is 0. The van der Waals surface area contributed by atoms with Crippen LogP contribution >= 0.6 is 0 Å². The second kappa shape index (κ2) is 6.18. The summed E-state index contributed by atoms with van der Waals surface area (Å²) in [6.45, 7) is 0. The lowest BCUT2D eigenvalue weighted by Gasteiger charge is -2.35. The van der Waals surface area contributed by atoms with Crippen LogP contribution in [0.25, 0.3) is 0 Å². The van der Waals surface area contributed by atoms with E-state index in [4.69, 9.17) is 0 Å². The van der Waals surface area contributed by atoms with E-state index in [1.807, 2.05) is 0 Å². The average Bonchev–Trinajstić information content (AvgIpc) is 2.88. The van der Waals surface area contributed by atoms with Gasteiger partial charge in [0.1, 0.15) is 0 Å². The van der Waals surface area contributed by atoms with E-state index in [0.29, 0.717) is 5.78 Å². The largest absolute Gasteiger partial charge is 0.298 e. The van der Waals surface area contributed by atoms with Gasteiger partial charge in [-0.05, 0) is 39.3 Å². The molecule has 2 heteroatoms. The first-order valence-electron chi connectivity index (χ1n) is 7.86. The van der Waals surface area contributed by atoms with Crippen molar-refractivity contribution in [2.75, 3.05) is 14.1 Å². The molecule has 104 valence electrons. The van der Waals surface area contributed by atoms with Gasteiger partial charge in [-0.3, -0.25) is 9.69 Å². The van der Waals surface area contributed by atoms with Crippen LogP contribution in [-0.4, -0.2) is 30.3 Å². The molecular formula is C16H29NO. The molecule has 0 N–H and O–H groups in total. The van der Waals surface area contributed by atoms with Crippen LogP contribution in [0.2, 0.25) is 0 Å². The lowest BCUT2D eigenvalue weighted by atomic mass is 9.82. The van der Waals surface area contributed by atoms with Crippen LogP contribution in [0.1, 0.15) is 70.6 Å². The van der Waals surface area contributed by atoms with Crippen molar-refractivity contribution in [3.8, 4) is 0 Å². The number of ketones is 1. The molecule has 0 atom stereocenters. The maximum absolute atomic E-state index is 12.6. The highest BCUT2D eigenvalue weighted by Crippen LogP contribution is 2.37. The number of carbonyl (C=O) groups is 1. The molecule has 0 bridgehead atoms. The van der Waals surface area contributed by atoms with Crippen molar-refractivity contribution < 1.29 is 4.79 Å². The predicted molar refractivity (Wildman–Crippen MR) is 75.7 cm³/mol. The van der Waals surface area contributed by atoms with E-state index in [0.717, 1.165) is 31.6 Å². The van der Waals surface area contributed by atoms with Gasteiger partial charge in [0, 0.05) is 6.42 Å². The van der Waals surface area contributed by atoms with Crippen LogP contribution in [0.15, 0.2) is 0 Å². The maximum atomic E-state index is 12.6. The third kappa shape index (κ3) is 2.96. The van der Waals surface area contributed by atoms with E-state index in [1.165, 1.54) is 44.9 Å². The minimum absolute atomic E-state index is 0.103. The highest BCUT2D eigenvalue weighted by Gasteiger charge is 2.42. The van der Waals surface area contributed by atoms with Gasteiger partial charge in [-0.25, -0.2) is 0 Å². The predicted octanol–water partition coefficient (Wildman–Crippen LogP) is 3.79.